The molecule has 0 spiro atoms. The number of fused-ring (bicyclic) bond motifs is 1. The summed E-state index contributed by atoms with van der Waals surface area (Å²) in [6.07, 6.45) is 6.08. The first-order chi connectivity index (χ1) is 15.2. The molecule has 9 heteroatoms. The van der Waals surface area contributed by atoms with Gasteiger partial charge in [-0.25, -0.2) is 9.67 Å². The van der Waals surface area contributed by atoms with Gasteiger partial charge in [-0.2, -0.15) is 15.1 Å². The van der Waals surface area contributed by atoms with Crippen LogP contribution in [0.5, 0.6) is 0 Å². The minimum absolute atomic E-state index is 0.0413. The van der Waals surface area contributed by atoms with Gasteiger partial charge in [-0.1, -0.05) is 48.6 Å². The molecular formula is C22H23N7OS. The molecule has 0 saturated carbocycles. The number of nitrogens with one attached hydrogen (secondary N) is 1. The predicted molar refractivity (Wildman–Crippen MR) is 120 cm³/mol. The van der Waals surface area contributed by atoms with Crippen molar-refractivity contribution in [2.24, 2.45) is 0 Å². The van der Waals surface area contributed by atoms with E-state index in [4.69, 9.17) is 4.98 Å². The van der Waals surface area contributed by atoms with Crippen LogP contribution in [0, 0.1) is 0 Å². The number of thiazole rings is 1. The molecule has 4 heterocycles. The Labute approximate surface area is 184 Å². The summed E-state index contributed by atoms with van der Waals surface area (Å²) >= 11 is 1.57. The number of hydrogen-bond acceptors (Lipinski definition) is 7. The van der Waals surface area contributed by atoms with E-state index in [1.54, 1.807) is 22.2 Å². The highest BCUT2D eigenvalue weighted by molar-refractivity contribution is 7.22. The van der Waals surface area contributed by atoms with Crippen molar-refractivity contribution in [1.82, 2.24) is 30.0 Å². The standard InChI is InChI=1S/C22H23N7OS/c1-2-16-18-19(26-21(25-16)29-13-7-11-24-29)27-22(31-18)28-12-6-10-17(28)20(30)23-14-15-8-4-3-5-9-15/h3-5,7-9,11,13,17H,2,6,10,12,14H2,1H3,(H,23,30)/t17-/m1/s1. The Morgan fingerprint density at radius 3 is 2.84 bits per heavy atom. The third-order valence-corrected chi connectivity index (χ3v) is 6.59. The van der Waals surface area contributed by atoms with Crippen molar-refractivity contribution in [3.8, 4) is 5.95 Å². The normalized spacial score (nSPS) is 16.2. The third-order valence-electron chi connectivity index (χ3n) is 5.46. The van der Waals surface area contributed by atoms with Crippen molar-refractivity contribution in [3.05, 3.63) is 60.0 Å². The summed E-state index contributed by atoms with van der Waals surface area (Å²) in [5.74, 6) is 0.560. The Morgan fingerprint density at radius 1 is 1.19 bits per heavy atom. The number of benzene rings is 1. The topological polar surface area (TPSA) is 88.8 Å². The van der Waals surface area contributed by atoms with E-state index in [9.17, 15) is 4.79 Å². The summed E-state index contributed by atoms with van der Waals surface area (Å²) in [4.78, 5) is 29.1. The van der Waals surface area contributed by atoms with Gasteiger partial charge in [0.1, 0.15) is 6.04 Å². The largest absolute Gasteiger partial charge is 0.350 e. The summed E-state index contributed by atoms with van der Waals surface area (Å²) in [6.45, 7) is 3.41. The summed E-state index contributed by atoms with van der Waals surface area (Å²) in [5.41, 5.74) is 2.70. The summed E-state index contributed by atoms with van der Waals surface area (Å²) < 4.78 is 2.62. The number of carbonyl (C=O) groups excluding carboxylic acids is 1. The second kappa shape index (κ2) is 8.43. The quantitative estimate of drug-likeness (QED) is 0.503. The Kier molecular flexibility index (Phi) is 5.33. The van der Waals surface area contributed by atoms with Crippen LogP contribution in [0.25, 0.3) is 16.3 Å². The van der Waals surface area contributed by atoms with Gasteiger partial charge in [0.15, 0.2) is 10.8 Å². The van der Waals surface area contributed by atoms with Crippen LogP contribution >= 0.6 is 11.3 Å². The van der Waals surface area contributed by atoms with Crippen LogP contribution in [0.3, 0.4) is 0 Å². The van der Waals surface area contributed by atoms with Crippen molar-refractivity contribution in [3.63, 3.8) is 0 Å². The summed E-state index contributed by atoms with van der Waals surface area (Å²) in [5, 5.41) is 8.15. The second-order valence-electron chi connectivity index (χ2n) is 7.48. The maximum absolute atomic E-state index is 12.9. The van der Waals surface area contributed by atoms with Gasteiger partial charge >= 0.3 is 0 Å². The number of hydrogen-bond donors (Lipinski definition) is 1. The molecule has 5 rings (SSSR count). The molecule has 1 atom stereocenters. The lowest BCUT2D eigenvalue weighted by Gasteiger charge is -2.23. The monoisotopic (exact) mass is 433 g/mol. The van der Waals surface area contributed by atoms with Crippen molar-refractivity contribution in [2.75, 3.05) is 11.4 Å². The zero-order valence-corrected chi connectivity index (χ0v) is 18.0. The number of rotatable bonds is 6. The Hall–Kier alpha value is -3.33. The number of aryl methyl sites for hydroxylation is 1. The van der Waals surface area contributed by atoms with Crippen molar-refractivity contribution < 1.29 is 4.79 Å². The van der Waals surface area contributed by atoms with Gasteiger partial charge < -0.3 is 10.2 Å². The first-order valence-corrected chi connectivity index (χ1v) is 11.3. The van der Waals surface area contributed by atoms with Crippen LogP contribution < -0.4 is 10.2 Å². The number of carbonyl (C=O) groups is 1. The summed E-state index contributed by atoms with van der Waals surface area (Å²) in [7, 11) is 0. The minimum atomic E-state index is -0.215. The van der Waals surface area contributed by atoms with Gasteiger partial charge in [-0.15, -0.1) is 0 Å². The van der Waals surface area contributed by atoms with Crippen LogP contribution in [-0.2, 0) is 17.8 Å². The maximum atomic E-state index is 12.9. The number of nitrogens with zero attached hydrogens (tertiary/aromatic N) is 6. The van der Waals surface area contributed by atoms with E-state index in [1.807, 2.05) is 42.6 Å². The molecule has 4 aromatic rings. The van der Waals surface area contributed by atoms with Crippen LogP contribution in [0.1, 0.15) is 31.0 Å². The van der Waals surface area contributed by atoms with E-state index in [2.05, 4.69) is 32.2 Å². The Bertz CT molecular complexity index is 1190. The number of anilines is 1. The molecule has 8 nitrogen and oxygen atoms in total. The molecule has 1 aliphatic heterocycles. The third kappa shape index (κ3) is 3.88. The maximum Gasteiger partial charge on any atom is 0.252 e. The van der Waals surface area contributed by atoms with Gasteiger partial charge in [0.25, 0.3) is 5.95 Å². The second-order valence-corrected chi connectivity index (χ2v) is 8.46. The van der Waals surface area contributed by atoms with Crippen molar-refractivity contribution in [2.45, 2.75) is 38.8 Å². The van der Waals surface area contributed by atoms with Gasteiger partial charge in [0.2, 0.25) is 5.91 Å². The lowest BCUT2D eigenvalue weighted by molar-refractivity contribution is -0.122. The number of amides is 1. The Morgan fingerprint density at radius 2 is 2.06 bits per heavy atom. The molecule has 0 radical (unpaired) electrons. The fourth-order valence-corrected chi connectivity index (χ4v) is 5.02. The minimum Gasteiger partial charge on any atom is -0.350 e. The highest BCUT2D eigenvalue weighted by Gasteiger charge is 2.33. The van der Waals surface area contributed by atoms with Gasteiger partial charge in [-0.3, -0.25) is 4.79 Å². The van der Waals surface area contributed by atoms with Crippen molar-refractivity contribution >= 4 is 32.7 Å². The zero-order chi connectivity index (χ0) is 21.2. The fraction of sp³-hybridized carbons (Fsp3) is 0.318. The van der Waals surface area contributed by atoms with Gasteiger partial charge in [0.05, 0.1) is 10.4 Å². The molecule has 3 aromatic heterocycles. The first-order valence-electron chi connectivity index (χ1n) is 10.5. The molecule has 1 fully saturated rings. The van der Waals surface area contributed by atoms with Gasteiger partial charge in [-0.05, 0) is 30.9 Å². The average molecular weight is 434 g/mol. The molecule has 0 aliphatic carbocycles. The smallest absolute Gasteiger partial charge is 0.252 e. The molecule has 1 aliphatic rings. The molecule has 1 N–H and O–H groups in total. The molecule has 158 valence electrons. The molecular weight excluding hydrogens is 410 g/mol. The van der Waals surface area contributed by atoms with Crippen LogP contribution in [-0.4, -0.2) is 43.2 Å². The molecule has 0 unspecified atom stereocenters. The van der Waals surface area contributed by atoms with Gasteiger partial charge in [0, 0.05) is 25.5 Å². The van der Waals surface area contributed by atoms with E-state index in [-0.39, 0.29) is 11.9 Å². The van der Waals surface area contributed by atoms with Crippen molar-refractivity contribution in [1.29, 1.82) is 0 Å². The lowest BCUT2D eigenvalue weighted by Crippen LogP contribution is -2.43. The fourth-order valence-electron chi connectivity index (χ4n) is 3.88. The molecule has 1 saturated heterocycles. The predicted octanol–water partition coefficient (Wildman–Crippen LogP) is 3.12. The highest BCUT2D eigenvalue weighted by Crippen LogP contribution is 2.34. The zero-order valence-electron chi connectivity index (χ0n) is 17.2. The molecule has 1 amide bonds. The van der Waals surface area contributed by atoms with E-state index < -0.39 is 0 Å². The lowest BCUT2D eigenvalue weighted by atomic mass is 10.2. The van der Waals surface area contributed by atoms with E-state index in [0.29, 0.717) is 18.1 Å². The highest BCUT2D eigenvalue weighted by atomic mass is 32.1. The van der Waals surface area contributed by atoms with E-state index in [0.717, 1.165) is 46.9 Å². The SMILES string of the molecule is CCc1nc(-n2cccn2)nc2nc(N3CCC[C@@H]3C(=O)NCc3ccccc3)sc12. The van der Waals surface area contributed by atoms with Crippen LogP contribution in [0.15, 0.2) is 48.8 Å². The Balaban J connectivity index is 1.40. The summed E-state index contributed by atoms with van der Waals surface area (Å²) in [6, 6.07) is 11.6. The molecule has 31 heavy (non-hydrogen) atoms. The first kappa shape index (κ1) is 19.6. The molecule has 0 bridgehead atoms. The number of aromatic nitrogens is 5. The van der Waals surface area contributed by atoms with E-state index >= 15 is 0 Å². The van der Waals surface area contributed by atoms with E-state index in [1.165, 1.54) is 0 Å². The van der Waals surface area contributed by atoms with Crippen LogP contribution in [0.4, 0.5) is 5.13 Å². The van der Waals surface area contributed by atoms with Crippen LogP contribution in [0.2, 0.25) is 0 Å². The average Bonchev–Trinajstić information content (AvgIpc) is 3.57. The molecule has 1 aromatic carbocycles.